The van der Waals surface area contributed by atoms with Gasteiger partial charge in [0.1, 0.15) is 12.1 Å². The van der Waals surface area contributed by atoms with Gasteiger partial charge in [0.15, 0.2) is 0 Å². The maximum absolute atomic E-state index is 12.3. The van der Waals surface area contributed by atoms with E-state index in [4.69, 9.17) is 4.74 Å². The second kappa shape index (κ2) is 4.53. The van der Waals surface area contributed by atoms with Crippen molar-refractivity contribution in [2.24, 2.45) is 11.8 Å². The molecule has 0 aromatic heterocycles. The van der Waals surface area contributed by atoms with Gasteiger partial charge in [-0.3, -0.25) is 9.59 Å². The predicted octanol–water partition coefficient (Wildman–Crippen LogP) is 0.148. The van der Waals surface area contributed by atoms with Gasteiger partial charge in [0, 0.05) is 19.1 Å². The Balaban J connectivity index is 1.75. The van der Waals surface area contributed by atoms with Gasteiger partial charge in [-0.2, -0.15) is 0 Å². The molecule has 1 aliphatic carbocycles. The lowest BCUT2D eigenvalue weighted by Gasteiger charge is -2.39. The minimum atomic E-state index is -0.380. The smallest absolute Gasteiger partial charge is 0.245 e. The van der Waals surface area contributed by atoms with Crippen LogP contribution in [-0.4, -0.2) is 48.6 Å². The summed E-state index contributed by atoms with van der Waals surface area (Å²) in [5.41, 5.74) is 0. The van der Waals surface area contributed by atoms with Gasteiger partial charge in [0.25, 0.3) is 0 Å². The fraction of sp³-hybridized carbons (Fsp3) is 0.846. The van der Waals surface area contributed by atoms with E-state index in [0.29, 0.717) is 18.4 Å². The van der Waals surface area contributed by atoms with E-state index < -0.39 is 0 Å². The van der Waals surface area contributed by atoms with Crippen LogP contribution in [0.25, 0.3) is 0 Å². The largest absolute Gasteiger partial charge is 0.381 e. The molecule has 0 bridgehead atoms. The molecule has 2 aliphatic heterocycles. The summed E-state index contributed by atoms with van der Waals surface area (Å²) in [6, 6.07) is -0.607. The SMILES string of the molecule is CC1NC(=O)C(C2CC2)N(CC2CCOC2)C1=O. The molecule has 5 heteroatoms. The van der Waals surface area contributed by atoms with E-state index in [2.05, 4.69) is 5.32 Å². The summed E-state index contributed by atoms with van der Waals surface area (Å²) >= 11 is 0. The number of amides is 2. The molecule has 0 spiro atoms. The van der Waals surface area contributed by atoms with Gasteiger partial charge in [0.05, 0.1) is 6.61 Å². The van der Waals surface area contributed by atoms with E-state index in [1.165, 1.54) is 0 Å². The Kier molecular flexibility index (Phi) is 3.01. The molecule has 18 heavy (non-hydrogen) atoms. The average Bonchev–Trinajstić information content (AvgIpc) is 3.02. The van der Waals surface area contributed by atoms with Crippen LogP contribution >= 0.6 is 0 Å². The highest BCUT2D eigenvalue weighted by Gasteiger charge is 2.47. The normalized spacial score (nSPS) is 36.9. The number of carbonyl (C=O) groups excluding carboxylic acids is 2. The molecule has 3 rings (SSSR count). The van der Waals surface area contributed by atoms with Crippen molar-refractivity contribution in [3.63, 3.8) is 0 Å². The van der Waals surface area contributed by atoms with Crippen molar-refractivity contribution >= 4 is 11.8 Å². The van der Waals surface area contributed by atoms with Gasteiger partial charge in [-0.05, 0) is 32.1 Å². The Hall–Kier alpha value is -1.10. The van der Waals surface area contributed by atoms with Crippen LogP contribution in [0.15, 0.2) is 0 Å². The van der Waals surface area contributed by atoms with Crippen LogP contribution in [-0.2, 0) is 14.3 Å². The Morgan fingerprint density at radius 3 is 2.72 bits per heavy atom. The first-order valence-corrected chi connectivity index (χ1v) is 6.85. The van der Waals surface area contributed by atoms with E-state index in [1.54, 1.807) is 6.92 Å². The molecule has 1 saturated carbocycles. The number of ether oxygens (including phenoxy) is 1. The second-order valence-corrected chi connectivity index (χ2v) is 5.73. The lowest BCUT2D eigenvalue weighted by molar-refractivity contribution is -0.150. The van der Waals surface area contributed by atoms with Crippen LogP contribution in [0, 0.1) is 11.8 Å². The van der Waals surface area contributed by atoms with Gasteiger partial charge in [-0.15, -0.1) is 0 Å². The summed E-state index contributed by atoms with van der Waals surface area (Å²) in [6.45, 7) is 3.94. The van der Waals surface area contributed by atoms with E-state index >= 15 is 0 Å². The van der Waals surface area contributed by atoms with Crippen LogP contribution in [0.5, 0.6) is 0 Å². The maximum atomic E-state index is 12.3. The van der Waals surface area contributed by atoms with Crippen LogP contribution in [0.3, 0.4) is 0 Å². The Morgan fingerprint density at radius 2 is 2.11 bits per heavy atom. The zero-order valence-corrected chi connectivity index (χ0v) is 10.7. The Morgan fingerprint density at radius 1 is 1.33 bits per heavy atom. The summed E-state index contributed by atoms with van der Waals surface area (Å²) in [5.74, 6) is 0.874. The van der Waals surface area contributed by atoms with Crippen LogP contribution < -0.4 is 5.32 Å². The third-order valence-electron chi connectivity index (χ3n) is 4.16. The van der Waals surface area contributed by atoms with Crippen molar-refractivity contribution in [3.8, 4) is 0 Å². The fourth-order valence-corrected chi connectivity index (χ4v) is 2.98. The van der Waals surface area contributed by atoms with Crippen LogP contribution in [0.1, 0.15) is 26.2 Å². The molecule has 3 atom stereocenters. The van der Waals surface area contributed by atoms with E-state index in [9.17, 15) is 9.59 Å². The van der Waals surface area contributed by atoms with Gasteiger partial charge >= 0.3 is 0 Å². The van der Waals surface area contributed by atoms with Crippen molar-refractivity contribution < 1.29 is 14.3 Å². The number of carbonyl (C=O) groups is 2. The highest BCUT2D eigenvalue weighted by atomic mass is 16.5. The summed E-state index contributed by atoms with van der Waals surface area (Å²) in [6.07, 6.45) is 3.13. The van der Waals surface area contributed by atoms with Crippen molar-refractivity contribution in [3.05, 3.63) is 0 Å². The number of nitrogens with one attached hydrogen (secondary N) is 1. The topological polar surface area (TPSA) is 58.6 Å². The predicted molar refractivity (Wildman–Crippen MR) is 64.8 cm³/mol. The molecule has 0 radical (unpaired) electrons. The molecule has 5 nitrogen and oxygen atoms in total. The second-order valence-electron chi connectivity index (χ2n) is 5.73. The minimum absolute atomic E-state index is 0.0310. The van der Waals surface area contributed by atoms with Crippen molar-refractivity contribution in [1.29, 1.82) is 0 Å². The van der Waals surface area contributed by atoms with E-state index in [-0.39, 0.29) is 23.9 Å². The van der Waals surface area contributed by atoms with Gasteiger partial charge in [0.2, 0.25) is 11.8 Å². The quantitative estimate of drug-likeness (QED) is 0.778. The van der Waals surface area contributed by atoms with Gasteiger partial charge in [-0.1, -0.05) is 0 Å². The highest BCUT2D eigenvalue weighted by Crippen LogP contribution is 2.37. The molecule has 3 aliphatic rings. The lowest BCUT2D eigenvalue weighted by atomic mass is 10.0. The molecule has 2 heterocycles. The third-order valence-corrected chi connectivity index (χ3v) is 4.16. The molecule has 3 unspecified atom stereocenters. The van der Waals surface area contributed by atoms with Gasteiger partial charge < -0.3 is 15.0 Å². The zero-order chi connectivity index (χ0) is 12.7. The maximum Gasteiger partial charge on any atom is 0.245 e. The standard InChI is InChI=1S/C13H20N2O3/c1-8-13(17)15(6-9-4-5-18-7-9)11(10-2-3-10)12(16)14-8/h8-11H,2-7H2,1H3,(H,14,16). The Labute approximate surface area is 107 Å². The van der Waals surface area contributed by atoms with Gasteiger partial charge in [-0.25, -0.2) is 0 Å². The molecule has 1 N–H and O–H groups in total. The molecule has 100 valence electrons. The lowest BCUT2D eigenvalue weighted by Crippen LogP contribution is -2.63. The number of hydrogen-bond acceptors (Lipinski definition) is 3. The summed E-state index contributed by atoms with van der Waals surface area (Å²) < 4.78 is 5.36. The first-order valence-electron chi connectivity index (χ1n) is 6.85. The molecule has 2 saturated heterocycles. The molecule has 0 aromatic rings. The Bertz CT molecular complexity index is 361. The van der Waals surface area contributed by atoms with Crippen LogP contribution in [0.2, 0.25) is 0 Å². The summed E-state index contributed by atoms with van der Waals surface area (Å²) in [5, 5.41) is 2.79. The minimum Gasteiger partial charge on any atom is -0.381 e. The molecular formula is C13H20N2O3. The number of hydrogen-bond donors (Lipinski definition) is 1. The van der Waals surface area contributed by atoms with E-state index in [1.807, 2.05) is 4.90 Å². The van der Waals surface area contributed by atoms with Crippen molar-refractivity contribution in [1.82, 2.24) is 10.2 Å². The highest BCUT2D eigenvalue weighted by molar-refractivity contribution is 5.97. The first-order chi connectivity index (χ1) is 8.66. The average molecular weight is 252 g/mol. The van der Waals surface area contributed by atoms with Crippen molar-refractivity contribution in [2.45, 2.75) is 38.3 Å². The van der Waals surface area contributed by atoms with Crippen molar-refractivity contribution in [2.75, 3.05) is 19.8 Å². The first kappa shape index (κ1) is 12.0. The molecule has 3 fully saturated rings. The van der Waals surface area contributed by atoms with Crippen LogP contribution in [0.4, 0.5) is 0 Å². The number of piperazine rings is 1. The van der Waals surface area contributed by atoms with E-state index in [0.717, 1.165) is 32.5 Å². The summed E-state index contributed by atoms with van der Waals surface area (Å²) in [7, 11) is 0. The number of nitrogens with zero attached hydrogens (tertiary/aromatic N) is 1. The molecular weight excluding hydrogens is 232 g/mol. The molecule has 0 aromatic carbocycles. The third kappa shape index (κ3) is 2.11. The number of rotatable bonds is 3. The summed E-state index contributed by atoms with van der Waals surface area (Å²) in [4.78, 5) is 26.2. The molecule has 2 amide bonds. The zero-order valence-electron chi connectivity index (χ0n) is 10.7. The monoisotopic (exact) mass is 252 g/mol. The fourth-order valence-electron chi connectivity index (χ4n) is 2.98.